The molecule has 1 aromatic rings. The van der Waals surface area contributed by atoms with Gasteiger partial charge in [-0.3, -0.25) is 0 Å². The van der Waals surface area contributed by atoms with Crippen LogP contribution in [0.4, 0.5) is 5.82 Å². The summed E-state index contributed by atoms with van der Waals surface area (Å²) in [5.74, 6) is 5.77. The summed E-state index contributed by atoms with van der Waals surface area (Å²) in [5.41, 5.74) is 0.151. The van der Waals surface area contributed by atoms with Crippen LogP contribution in [0.25, 0.3) is 0 Å². The predicted octanol–water partition coefficient (Wildman–Crippen LogP) is 1.15. The third-order valence-corrected chi connectivity index (χ3v) is 2.48. The van der Waals surface area contributed by atoms with Gasteiger partial charge < -0.3 is 15.2 Å². The van der Waals surface area contributed by atoms with Crippen LogP contribution < -0.4 is 0 Å². The van der Waals surface area contributed by atoms with Crippen LogP contribution in [0.5, 0.6) is 0 Å². The fourth-order valence-corrected chi connectivity index (χ4v) is 1.29. The zero-order valence-corrected chi connectivity index (χ0v) is 10.1. The first-order valence-corrected chi connectivity index (χ1v) is 5.32. The number of aliphatic hydroxyl groups excluding tert-OH is 1. The van der Waals surface area contributed by atoms with Crippen molar-refractivity contribution in [3.8, 4) is 11.8 Å². The first-order valence-electron chi connectivity index (χ1n) is 5.32. The lowest BCUT2D eigenvalue weighted by molar-refractivity contribution is -0.392. The number of aromatic nitrogens is 2. The Hall–Kier alpha value is -1.87. The normalized spacial score (nSPS) is 11.8. The summed E-state index contributed by atoms with van der Waals surface area (Å²) in [6, 6.07) is 0. The second kappa shape index (κ2) is 5.46. The van der Waals surface area contributed by atoms with E-state index in [9.17, 15) is 15.2 Å². The van der Waals surface area contributed by atoms with Gasteiger partial charge in [-0.25, -0.2) is 4.57 Å². The molecule has 1 heterocycles. The monoisotopic (exact) mass is 237 g/mol. The van der Waals surface area contributed by atoms with Crippen LogP contribution in [0, 0.1) is 28.9 Å². The molecule has 1 rings (SSSR count). The molecule has 0 aromatic carbocycles. The van der Waals surface area contributed by atoms with Gasteiger partial charge in [0.1, 0.15) is 0 Å². The number of nitro groups is 1. The smallest absolute Gasteiger partial charge is 0.358 e. The molecule has 92 valence electrons. The zero-order valence-electron chi connectivity index (χ0n) is 10.1. The van der Waals surface area contributed by atoms with Crippen molar-refractivity contribution < 1.29 is 10.0 Å². The Balaban J connectivity index is 2.99. The van der Waals surface area contributed by atoms with Gasteiger partial charge in [0.2, 0.25) is 5.69 Å². The third kappa shape index (κ3) is 3.04. The summed E-state index contributed by atoms with van der Waals surface area (Å²) < 4.78 is 1.39. The topological polar surface area (TPSA) is 81.2 Å². The van der Waals surface area contributed by atoms with Gasteiger partial charge in [-0.15, -0.1) is 0 Å². The maximum atomic E-state index is 10.8. The quantitative estimate of drug-likeness (QED) is 0.485. The molecule has 0 aliphatic rings. The largest absolute Gasteiger partial charge is 0.392 e. The molecular formula is C11H15N3O3. The average Bonchev–Trinajstić information content (AvgIpc) is 2.54. The minimum Gasteiger partial charge on any atom is -0.392 e. The highest BCUT2D eigenvalue weighted by molar-refractivity contribution is 5.43. The van der Waals surface area contributed by atoms with Gasteiger partial charge in [0, 0.05) is 13.3 Å². The lowest BCUT2D eigenvalue weighted by Crippen LogP contribution is -2.02. The molecular weight excluding hydrogens is 222 g/mol. The Morgan fingerprint density at radius 2 is 2.29 bits per heavy atom. The fraction of sp³-hybridized carbons (Fsp3) is 0.545. The number of hydrogen-bond acceptors (Lipinski definition) is 4. The number of aryl methyl sites for hydroxylation is 1. The lowest BCUT2D eigenvalue weighted by atomic mass is 10.2. The number of imidazole rings is 1. The van der Waals surface area contributed by atoms with Crippen LogP contribution in [0.3, 0.4) is 0 Å². The van der Waals surface area contributed by atoms with Crippen molar-refractivity contribution in [3.05, 3.63) is 21.6 Å². The molecule has 0 amide bonds. The SMILES string of the molecule is CC[C@H](O)CC#Cc1nc(C)n(C)c1[N+](=O)[O-]. The van der Waals surface area contributed by atoms with Crippen LogP contribution in [-0.4, -0.2) is 25.7 Å². The second-order valence-corrected chi connectivity index (χ2v) is 3.72. The van der Waals surface area contributed by atoms with Crippen LogP contribution in [-0.2, 0) is 7.05 Å². The van der Waals surface area contributed by atoms with E-state index in [1.54, 1.807) is 14.0 Å². The third-order valence-electron chi connectivity index (χ3n) is 2.48. The number of aliphatic hydroxyl groups is 1. The van der Waals surface area contributed by atoms with Crippen LogP contribution in [0.1, 0.15) is 31.3 Å². The molecule has 0 saturated carbocycles. The van der Waals surface area contributed by atoms with Crippen molar-refractivity contribution in [1.82, 2.24) is 9.55 Å². The van der Waals surface area contributed by atoms with Crippen LogP contribution >= 0.6 is 0 Å². The molecule has 6 nitrogen and oxygen atoms in total. The molecule has 6 heteroatoms. The highest BCUT2D eigenvalue weighted by Gasteiger charge is 2.20. The molecule has 0 fully saturated rings. The molecule has 0 aliphatic carbocycles. The second-order valence-electron chi connectivity index (χ2n) is 3.72. The van der Waals surface area contributed by atoms with E-state index in [0.717, 1.165) is 0 Å². The highest BCUT2D eigenvalue weighted by Crippen LogP contribution is 2.17. The van der Waals surface area contributed by atoms with Gasteiger partial charge in [-0.1, -0.05) is 12.8 Å². The molecule has 1 N–H and O–H groups in total. The van der Waals surface area contributed by atoms with Gasteiger partial charge in [-0.05, 0) is 17.3 Å². The summed E-state index contributed by atoms with van der Waals surface area (Å²) >= 11 is 0. The van der Waals surface area contributed by atoms with Crippen LogP contribution in [0.15, 0.2) is 0 Å². The predicted molar refractivity (Wildman–Crippen MR) is 62.4 cm³/mol. The Morgan fingerprint density at radius 3 is 2.82 bits per heavy atom. The molecule has 0 aliphatic heterocycles. The van der Waals surface area contributed by atoms with E-state index in [4.69, 9.17) is 0 Å². The average molecular weight is 237 g/mol. The number of rotatable bonds is 3. The summed E-state index contributed by atoms with van der Waals surface area (Å²) in [5, 5.41) is 20.1. The fourth-order valence-electron chi connectivity index (χ4n) is 1.29. The molecule has 0 bridgehead atoms. The van der Waals surface area contributed by atoms with Crippen molar-refractivity contribution in [2.24, 2.45) is 7.05 Å². The molecule has 0 radical (unpaired) electrons. The molecule has 1 aromatic heterocycles. The van der Waals surface area contributed by atoms with Gasteiger partial charge in [-0.2, -0.15) is 4.98 Å². The molecule has 0 saturated heterocycles. The van der Waals surface area contributed by atoms with Crippen molar-refractivity contribution in [3.63, 3.8) is 0 Å². The Morgan fingerprint density at radius 1 is 1.65 bits per heavy atom. The number of nitrogens with zero attached hydrogens (tertiary/aromatic N) is 3. The van der Waals surface area contributed by atoms with Crippen molar-refractivity contribution in [2.45, 2.75) is 32.8 Å². The van der Waals surface area contributed by atoms with Gasteiger partial charge in [0.25, 0.3) is 0 Å². The lowest BCUT2D eigenvalue weighted by Gasteiger charge is -1.98. The maximum Gasteiger partial charge on any atom is 0.358 e. The van der Waals surface area contributed by atoms with E-state index in [1.807, 2.05) is 6.92 Å². The molecule has 0 spiro atoms. The van der Waals surface area contributed by atoms with Gasteiger partial charge in [0.15, 0.2) is 5.82 Å². The standard InChI is InChI=1S/C11H15N3O3/c1-4-9(15)6-5-7-10-11(14(16)17)13(3)8(2)12-10/h9,15H,4,6H2,1-3H3/t9-/m0/s1. The Kier molecular flexibility index (Phi) is 4.24. The Bertz CT molecular complexity index is 482. The first kappa shape index (κ1) is 13.2. The first-order chi connectivity index (χ1) is 7.97. The molecule has 0 unspecified atom stereocenters. The molecule has 17 heavy (non-hydrogen) atoms. The maximum absolute atomic E-state index is 10.8. The summed E-state index contributed by atoms with van der Waals surface area (Å²) in [7, 11) is 1.58. The van der Waals surface area contributed by atoms with E-state index < -0.39 is 11.0 Å². The minimum absolute atomic E-state index is 0.110. The van der Waals surface area contributed by atoms with E-state index >= 15 is 0 Å². The van der Waals surface area contributed by atoms with E-state index in [2.05, 4.69) is 16.8 Å². The van der Waals surface area contributed by atoms with Gasteiger partial charge >= 0.3 is 5.82 Å². The summed E-state index contributed by atoms with van der Waals surface area (Å²) in [6.07, 6.45) is 0.410. The Labute approximate surface area is 99.4 Å². The van der Waals surface area contributed by atoms with E-state index in [1.165, 1.54) is 4.57 Å². The number of hydrogen-bond donors (Lipinski definition) is 1. The highest BCUT2D eigenvalue weighted by atomic mass is 16.6. The minimum atomic E-state index is -0.500. The summed E-state index contributed by atoms with van der Waals surface area (Å²) in [6.45, 7) is 3.53. The van der Waals surface area contributed by atoms with Crippen molar-refractivity contribution in [1.29, 1.82) is 0 Å². The van der Waals surface area contributed by atoms with E-state index in [-0.39, 0.29) is 11.5 Å². The summed E-state index contributed by atoms with van der Waals surface area (Å²) in [4.78, 5) is 14.4. The van der Waals surface area contributed by atoms with Crippen LogP contribution in [0.2, 0.25) is 0 Å². The van der Waals surface area contributed by atoms with Gasteiger partial charge in [0.05, 0.1) is 13.2 Å². The van der Waals surface area contributed by atoms with Crippen molar-refractivity contribution >= 4 is 5.82 Å². The molecule has 1 atom stereocenters. The van der Waals surface area contributed by atoms with Crippen molar-refractivity contribution in [2.75, 3.05) is 0 Å². The zero-order chi connectivity index (χ0) is 13.0. The van der Waals surface area contributed by atoms with E-state index in [0.29, 0.717) is 18.7 Å².